The van der Waals surface area contributed by atoms with Gasteiger partial charge in [-0.3, -0.25) is 4.79 Å². The molecule has 3 aromatic rings. The van der Waals surface area contributed by atoms with Gasteiger partial charge in [0.25, 0.3) is 5.91 Å². The second-order valence-electron chi connectivity index (χ2n) is 3.49. The molecule has 18 heavy (non-hydrogen) atoms. The van der Waals surface area contributed by atoms with Crippen LogP contribution in [0.25, 0.3) is 5.65 Å². The molecule has 0 bridgehead atoms. The first kappa shape index (κ1) is 10.3. The maximum atomic E-state index is 12.0. The van der Waals surface area contributed by atoms with Crippen LogP contribution in [0.5, 0.6) is 0 Å². The van der Waals surface area contributed by atoms with Crippen LogP contribution in [0.3, 0.4) is 0 Å². The predicted octanol–water partition coefficient (Wildman–Crippen LogP) is 0.772. The number of aromatic nitrogens is 5. The van der Waals surface area contributed by atoms with E-state index < -0.39 is 0 Å². The number of imidazole rings is 1. The highest BCUT2D eigenvalue weighted by Gasteiger charge is 2.13. The molecule has 0 fully saturated rings. The molecule has 0 aliphatic rings. The van der Waals surface area contributed by atoms with Crippen molar-refractivity contribution in [1.29, 1.82) is 0 Å². The van der Waals surface area contributed by atoms with Crippen molar-refractivity contribution in [3.63, 3.8) is 0 Å². The van der Waals surface area contributed by atoms with Crippen LogP contribution < -0.4 is 5.32 Å². The largest absolute Gasteiger partial charge is 0.305 e. The summed E-state index contributed by atoms with van der Waals surface area (Å²) in [6.07, 6.45) is 5.98. The number of hydrogen-bond donors (Lipinski definition) is 1. The minimum Gasteiger partial charge on any atom is -0.305 e. The highest BCUT2D eigenvalue weighted by Crippen LogP contribution is 2.07. The number of rotatable bonds is 2. The molecule has 1 N–H and O–H groups in total. The van der Waals surface area contributed by atoms with Crippen LogP contribution in [0, 0.1) is 0 Å². The first-order valence-corrected chi connectivity index (χ1v) is 5.21. The van der Waals surface area contributed by atoms with Crippen molar-refractivity contribution in [2.24, 2.45) is 0 Å². The van der Waals surface area contributed by atoms with E-state index in [1.54, 1.807) is 30.6 Å². The first-order valence-electron chi connectivity index (χ1n) is 5.21. The minimum atomic E-state index is -0.320. The molecule has 0 saturated heterocycles. The number of amides is 1. The second-order valence-corrected chi connectivity index (χ2v) is 3.49. The van der Waals surface area contributed by atoms with E-state index in [0.29, 0.717) is 17.2 Å². The number of fused-ring (bicyclic) bond motifs is 1. The Hall–Kier alpha value is -2.83. The van der Waals surface area contributed by atoms with E-state index in [1.807, 2.05) is 0 Å². The van der Waals surface area contributed by atoms with Gasteiger partial charge in [-0.1, -0.05) is 0 Å². The Balaban J connectivity index is 1.93. The van der Waals surface area contributed by atoms with Gasteiger partial charge in [0.05, 0.1) is 6.20 Å². The van der Waals surface area contributed by atoms with E-state index >= 15 is 0 Å². The maximum Gasteiger partial charge on any atom is 0.277 e. The molecule has 0 unspecified atom stereocenters. The van der Waals surface area contributed by atoms with Crippen molar-refractivity contribution in [2.75, 3.05) is 5.32 Å². The highest BCUT2D eigenvalue weighted by atomic mass is 16.2. The molecule has 88 valence electrons. The zero-order valence-electron chi connectivity index (χ0n) is 9.19. The Bertz CT molecular complexity index is 693. The summed E-state index contributed by atoms with van der Waals surface area (Å²) in [6.45, 7) is 0. The van der Waals surface area contributed by atoms with Crippen molar-refractivity contribution in [3.05, 3.63) is 48.8 Å². The van der Waals surface area contributed by atoms with Crippen LogP contribution in [0.4, 0.5) is 5.82 Å². The van der Waals surface area contributed by atoms with Crippen molar-refractivity contribution in [3.8, 4) is 0 Å². The molecule has 0 aliphatic heterocycles. The quantitative estimate of drug-likeness (QED) is 0.715. The molecule has 0 atom stereocenters. The number of carbonyl (C=O) groups excluding carboxylic acids is 1. The van der Waals surface area contributed by atoms with E-state index in [1.165, 1.54) is 17.0 Å². The lowest BCUT2D eigenvalue weighted by Crippen LogP contribution is -2.15. The Labute approximate surface area is 102 Å². The van der Waals surface area contributed by atoms with Crippen LogP contribution >= 0.6 is 0 Å². The van der Waals surface area contributed by atoms with Crippen LogP contribution in [0.15, 0.2) is 43.1 Å². The van der Waals surface area contributed by atoms with Gasteiger partial charge in [-0.2, -0.15) is 5.10 Å². The molecule has 0 saturated carbocycles. The second kappa shape index (κ2) is 4.21. The number of nitrogens with zero attached hydrogens (tertiary/aromatic N) is 5. The standard InChI is InChI=1S/C11H8N6O/c18-11(16-9-3-5-12-7-14-9)8-6-13-10-2-1-4-15-17(8)10/h1-7H,(H,12,14,16,18). The van der Waals surface area contributed by atoms with Gasteiger partial charge in [-0.25, -0.2) is 19.5 Å². The van der Waals surface area contributed by atoms with Crippen molar-refractivity contribution >= 4 is 17.4 Å². The van der Waals surface area contributed by atoms with Crippen LogP contribution in [-0.2, 0) is 0 Å². The van der Waals surface area contributed by atoms with Gasteiger partial charge in [0, 0.05) is 12.4 Å². The van der Waals surface area contributed by atoms with E-state index in [9.17, 15) is 4.79 Å². The molecule has 0 aliphatic carbocycles. The molecule has 7 heteroatoms. The molecule has 0 radical (unpaired) electrons. The van der Waals surface area contributed by atoms with Gasteiger partial charge in [0.1, 0.15) is 12.1 Å². The van der Waals surface area contributed by atoms with E-state index in [0.717, 1.165) is 0 Å². The lowest BCUT2D eigenvalue weighted by atomic mass is 10.4. The molecule has 3 heterocycles. The SMILES string of the molecule is O=C(Nc1ccncn1)c1cnc2cccnn12. The number of carbonyl (C=O) groups is 1. The van der Waals surface area contributed by atoms with E-state index in [-0.39, 0.29) is 5.91 Å². The average Bonchev–Trinajstić information content (AvgIpc) is 2.84. The molecular formula is C11H8N6O. The van der Waals surface area contributed by atoms with Crippen LogP contribution in [0.2, 0.25) is 0 Å². The number of hydrogen-bond acceptors (Lipinski definition) is 5. The van der Waals surface area contributed by atoms with Gasteiger partial charge in [-0.15, -0.1) is 0 Å². The molecule has 3 rings (SSSR count). The summed E-state index contributed by atoms with van der Waals surface area (Å²) in [6, 6.07) is 5.14. The summed E-state index contributed by atoms with van der Waals surface area (Å²) in [5.74, 6) is 0.112. The Morgan fingerprint density at radius 1 is 1.22 bits per heavy atom. The van der Waals surface area contributed by atoms with Crippen LogP contribution in [-0.4, -0.2) is 30.5 Å². The Morgan fingerprint density at radius 3 is 3.00 bits per heavy atom. The monoisotopic (exact) mass is 240 g/mol. The van der Waals surface area contributed by atoms with Crippen molar-refractivity contribution in [1.82, 2.24) is 24.6 Å². The van der Waals surface area contributed by atoms with E-state index in [4.69, 9.17) is 0 Å². The summed E-state index contributed by atoms with van der Waals surface area (Å²) >= 11 is 0. The van der Waals surface area contributed by atoms with Gasteiger partial charge in [0.15, 0.2) is 11.3 Å². The maximum absolute atomic E-state index is 12.0. The third-order valence-electron chi connectivity index (χ3n) is 2.33. The molecule has 7 nitrogen and oxygen atoms in total. The van der Waals surface area contributed by atoms with Gasteiger partial charge in [0.2, 0.25) is 0 Å². The topological polar surface area (TPSA) is 85.1 Å². The number of anilines is 1. The fourth-order valence-electron chi connectivity index (χ4n) is 1.53. The third kappa shape index (κ3) is 1.77. The highest BCUT2D eigenvalue weighted by molar-refractivity contribution is 6.02. The van der Waals surface area contributed by atoms with Crippen molar-refractivity contribution < 1.29 is 4.79 Å². The Morgan fingerprint density at radius 2 is 2.17 bits per heavy atom. The predicted molar refractivity (Wildman–Crippen MR) is 63.0 cm³/mol. The Kier molecular flexibility index (Phi) is 2.41. The number of nitrogens with one attached hydrogen (secondary N) is 1. The van der Waals surface area contributed by atoms with Gasteiger partial charge in [-0.05, 0) is 18.2 Å². The van der Waals surface area contributed by atoms with Crippen molar-refractivity contribution in [2.45, 2.75) is 0 Å². The first-order chi connectivity index (χ1) is 8.84. The average molecular weight is 240 g/mol. The fourth-order valence-corrected chi connectivity index (χ4v) is 1.53. The lowest BCUT2D eigenvalue weighted by molar-refractivity contribution is 0.102. The van der Waals surface area contributed by atoms with Gasteiger partial charge < -0.3 is 5.32 Å². The smallest absolute Gasteiger partial charge is 0.277 e. The molecule has 3 aromatic heterocycles. The normalized spacial score (nSPS) is 10.4. The van der Waals surface area contributed by atoms with Crippen LogP contribution in [0.1, 0.15) is 10.5 Å². The fraction of sp³-hybridized carbons (Fsp3) is 0. The van der Waals surface area contributed by atoms with Gasteiger partial charge >= 0.3 is 0 Å². The minimum absolute atomic E-state index is 0.320. The molecule has 0 spiro atoms. The third-order valence-corrected chi connectivity index (χ3v) is 2.33. The molecular weight excluding hydrogens is 232 g/mol. The summed E-state index contributed by atoms with van der Waals surface area (Å²) in [7, 11) is 0. The lowest BCUT2D eigenvalue weighted by Gasteiger charge is -2.02. The summed E-state index contributed by atoms with van der Waals surface area (Å²) < 4.78 is 1.47. The molecule has 1 amide bonds. The molecule has 0 aromatic carbocycles. The summed E-state index contributed by atoms with van der Waals surface area (Å²) in [5.41, 5.74) is 0.967. The zero-order valence-corrected chi connectivity index (χ0v) is 9.19. The summed E-state index contributed by atoms with van der Waals surface area (Å²) in [4.78, 5) is 23.8. The summed E-state index contributed by atoms with van der Waals surface area (Å²) in [5, 5.41) is 6.71. The van der Waals surface area contributed by atoms with E-state index in [2.05, 4.69) is 25.4 Å². The zero-order chi connectivity index (χ0) is 12.4.